The van der Waals surface area contributed by atoms with Crippen LogP contribution in [0.1, 0.15) is 36.3 Å². The van der Waals surface area contributed by atoms with Crippen molar-refractivity contribution in [3.63, 3.8) is 0 Å². The van der Waals surface area contributed by atoms with Crippen molar-refractivity contribution in [2.45, 2.75) is 32.2 Å². The van der Waals surface area contributed by atoms with E-state index in [-0.39, 0.29) is 0 Å². The van der Waals surface area contributed by atoms with E-state index >= 15 is 0 Å². The zero-order valence-corrected chi connectivity index (χ0v) is 10.4. The van der Waals surface area contributed by atoms with Gasteiger partial charge in [0.05, 0.1) is 6.54 Å². The molecule has 0 amide bonds. The second-order valence-electron chi connectivity index (χ2n) is 4.53. The number of rotatable bonds is 3. The molecule has 0 saturated carbocycles. The van der Waals surface area contributed by atoms with Gasteiger partial charge in [0.2, 0.25) is 5.89 Å². The van der Waals surface area contributed by atoms with Crippen molar-refractivity contribution in [1.82, 2.24) is 19.7 Å². The van der Waals surface area contributed by atoms with E-state index in [2.05, 4.69) is 19.7 Å². The Balaban J connectivity index is 1.78. The third kappa shape index (κ3) is 2.28. The summed E-state index contributed by atoms with van der Waals surface area (Å²) in [5.41, 5.74) is 0. The lowest BCUT2D eigenvalue weighted by atomic mass is 9.99. The second kappa shape index (κ2) is 4.89. The van der Waals surface area contributed by atoms with Crippen LogP contribution in [0.3, 0.4) is 0 Å². The van der Waals surface area contributed by atoms with Crippen LogP contribution < -0.4 is 0 Å². The first kappa shape index (κ1) is 11.4. The van der Waals surface area contributed by atoms with E-state index in [1.54, 1.807) is 6.92 Å². The van der Waals surface area contributed by atoms with E-state index in [1.165, 1.54) is 0 Å². The average Bonchev–Trinajstić information content (AvgIpc) is 3.00. The van der Waals surface area contributed by atoms with Gasteiger partial charge in [-0.1, -0.05) is 5.16 Å². The standard InChI is InChI=1S/C12H16N4O2/c1-9-14-11(15-18-9)8-16-5-4-13-12(16)10-2-6-17-7-3-10/h4-5,10H,2-3,6-8H2,1H3. The molecule has 0 aliphatic carbocycles. The topological polar surface area (TPSA) is 66.0 Å². The van der Waals surface area contributed by atoms with Gasteiger partial charge >= 0.3 is 0 Å². The highest BCUT2D eigenvalue weighted by molar-refractivity contribution is 5.03. The third-order valence-corrected chi connectivity index (χ3v) is 3.22. The molecule has 2 aromatic rings. The van der Waals surface area contributed by atoms with Crippen molar-refractivity contribution in [1.29, 1.82) is 0 Å². The number of hydrogen-bond acceptors (Lipinski definition) is 5. The molecule has 0 spiro atoms. The van der Waals surface area contributed by atoms with E-state index in [1.807, 2.05) is 12.4 Å². The number of aryl methyl sites for hydroxylation is 1. The molecule has 1 fully saturated rings. The first-order valence-electron chi connectivity index (χ1n) is 6.21. The van der Waals surface area contributed by atoms with Gasteiger partial charge < -0.3 is 13.8 Å². The lowest BCUT2D eigenvalue weighted by molar-refractivity contribution is 0.0829. The molecule has 0 atom stereocenters. The molecule has 3 rings (SSSR count). The largest absolute Gasteiger partial charge is 0.381 e. The van der Waals surface area contributed by atoms with Crippen LogP contribution in [0.2, 0.25) is 0 Å². The molecule has 6 nitrogen and oxygen atoms in total. The Morgan fingerprint density at radius 2 is 2.22 bits per heavy atom. The van der Waals surface area contributed by atoms with Gasteiger partial charge in [0.1, 0.15) is 5.82 Å². The molecule has 0 radical (unpaired) electrons. The van der Waals surface area contributed by atoms with Gasteiger partial charge in [0, 0.05) is 38.4 Å². The summed E-state index contributed by atoms with van der Waals surface area (Å²) in [5.74, 6) is 2.86. The Bertz CT molecular complexity index is 514. The van der Waals surface area contributed by atoms with Crippen LogP contribution in [-0.2, 0) is 11.3 Å². The molecule has 2 aromatic heterocycles. The molecule has 0 N–H and O–H groups in total. The van der Waals surface area contributed by atoms with Gasteiger partial charge in [-0.15, -0.1) is 0 Å². The van der Waals surface area contributed by atoms with Crippen molar-refractivity contribution in [2.24, 2.45) is 0 Å². The molecule has 1 aliphatic rings. The van der Waals surface area contributed by atoms with Gasteiger partial charge in [-0.2, -0.15) is 4.98 Å². The van der Waals surface area contributed by atoms with Crippen LogP contribution in [0.5, 0.6) is 0 Å². The Kier molecular flexibility index (Phi) is 3.10. The number of hydrogen-bond donors (Lipinski definition) is 0. The lowest BCUT2D eigenvalue weighted by Crippen LogP contribution is -2.18. The molecule has 0 bridgehead atoms. The Labute approximate surface area is 105 Å². The highest BCUT2D eigenvalue weighted by Crippen LogP contribution is 2.25. The molecule has 0 aromatic carbocycles. The fourth-order valence-electron chi connectivity index (χ4n) is 2.33. The monoisotopic (exact) mass is 248 g/mol. The van der Waals surface area contributed by atoms with Gasteiger partial charge in [-0.05, 0) is 12.8 Å². The molecule has 0 unspecified atom stereocenters. The number of imidazole rings is 1. The molecule has 3 heterocycles. The van der Waals surface area contributed by atoms with Crippen LogP contribution in [0.15, 0.2) is 16.9 Å². The summed E-state index contributed by atoms with van der Waals surface area (Å²) in [6.07, 6.45) is 5.86. The molecular formula is C12H16N4O2. The van der Waals surface area contributed by atoms with Crippen molar-refractivity contribution in [3.8, 4) is 0 Å². The summed E-state index contributed by atoms with van der Waals surface area (Å²) < 4.78 is 12.5. The van der Waals surface area contributed by atoms with Crippen molar-refractivity contribution < 1.29 is 9.26 Å². The highest BCUT2D eigenvalue weighted by Gasteiger charge is 2.20. The number of aromatic nitrogens is 4. The average molecular weight is 248 g/mol. The third-order valence-electron chi connectivity index (χ3n) is 3.22. The predicted molar refractivity (Wildman–Crippen MR) is 63.2 cm³/mol. The zero-order chi connectivity index (χ0) is 12.4. The Morgan fingerprint density at radius 1 is 1.39 bits per heavy atom. The van der Waals surface area contributed by atoms with E-state index < -0.39 is 0 Å². The van der Waals surface area contributed by atoms with Gasteiger partial charge in [0.15, 0.2) is 5.82 Å². The SMILES string of the molecule is Cc1nc(Cn2ccnc2C2CCOCC2)no1. The summed E-state index contributed by atoms with van der Waals surface area (Å²) in [6.45, 7) is 4.05. The van der Waals surface area contributed by atoms with Crippen molar-refractivity contribution >= 4 is 0 Å². The molecule has 96 valence electrons. The van der Waals surface area contributed by atoms with E-state index in [0.717, 1.165) is 31.9 Å². The van der Waals surface area contributed by atoms with Crippen molar-refractivity contribution in [3.05, 3.63) is 29.9 Å². The minimum Gasteiger partial charge on any atom is -0.381 e. The normalized spacial score (nSPS) is 17.2. The van der Waals surface area contributed by atoms with E-state index in [4.69, 9.17) is 9.26 Å². The van der Waals surface area contributed by atoms with Gasteiger partial charge in [-0.25, -0.2) is 4.98 Å². The van der Waals surface area contributed by atoms with Crippen LogP contribution >= 0.6 is 0 Å². The van der Waals surface area contributed by atoms with Crippen LogP contribution in [-0.4, -0.2) is 32.9 Å². The summed E-state index contributed by atoms with van der Waals surface area (Å²) in [5, 5.41) is 3.92. The van der Waals surface area contributed by atoms with Gasteiger partial charge in [-0.3, -0.25) is 0 Å². The maximum absolute atomic E-state index is 5.38. The van der Waals surface area contributed by atoms with Crippen molar-refractivity contribution in [2.75, 3.05) is 13.2 Å². The summed E-state index contributed by atoms with van der Waals surface area (Å²) >= 11 is 0. The lowest BCUT2D eigenvalue weighted by Gasteiger charge is -2.22. The minimum atomic E-state index is 0.474. The van der Waals surface area contributed by atoms with Crippen LogP contribution in [0.25, 0.3) is 0 Å². The fourth-order valence-corrected chi connectivity index (χ4v) is 2.33. The highest BCUT2D eigenvalue weighted by atomic mass is 16.5. The minimum absolute atomic E-state index is 0.474. The fraction of sp³-hybridized carbons (Fsp3) is 0.583. The summed E-state index contributed by atoms with van der Waals surface area (Å²) in [4.78, 5) is 8.68. The number of nitrogens with zero attached hydrogens (tertiary/aromatic N) is 4. The Morgan fingerprint density at radius 3 is 2.94 bits per heavy atom. The summed E-state index contributed by atoms with van der Waals surface area (Å²) in [7, 11) is 0. The second-order valence-corrected chi connectivity index (χ2v) is 4.53. The summed E-state index contributed by atoms with van der Waals surface area (Å²) in [6, 6.07) is 0. The molecular weight excluding hydrogens is 232 g/mol. The van der Waals surface area contributed by atoms with E-state index in [0.29, 0.717) is 24.2 Å². The first-order chi connectivity index (χ1) is 8.83. The molecule has 1 saturated heterocycles. The number of ether oxygens (including phenoxy) is 1. The quantitative estimate of drug-likeness (QED) is 0.823. The smallest absolute Gasteiger partial charge is 0.223 e. The first-order valence-corrected chi connectivity index (χ1v) is 6.21. The molecule has 18 heavy (non-hydrogen) atoms. The van der Waals surface area contributed by atoms with E-state index in [9.17, 15) is 0 Å². The zero-order valence-electron chi connectivity index (χ0n) is 10.4. The molecule has 6 heteroatoms. The van der Waals surface area contributed by atoms with Crippen LogP contribution in [0.4, 0.5) is 0 Å². The van der Waals surface area contributed by atoms with Crippen LogP contribution in [0, 0.1) is 6.92 Å². The van der Waals surface area contributed by atoms with Gasteiger partial charge in [0.25, 0.3) is 0 Å². The predicted octanol–water partition coefficient (Wildman–Crippen LogP) is 1.52. The maximum Gasteiger partial charge on any atom is 0.223 e. The maximum atomic E-state index is 5.38. The molecule has 1 aliphatic heterocycles. The Hall–Kier alpha value is -1.69.